The van der Waals surface area contributed by atoms with E-state index in [1.54, 1.807) is 0 Å². The molecule has 0 N–H and O–H groups in total. The Kier molecular flexibility index (Phi) is 4.66. The van der Waals surface area contributed by atoms with Gasteiger partial charge in [-0.3, -0.25) is 0 Å². The second kappa shape index (κ2) is 2.83. The third-order valence-corrected chi connectivity index (χ3v) is 0. The highest BCUT2D eigenvalue weighted by atomic mass is 127. The molecule has 0 spiro atoms. The summed E-state index contributed by atoms with van der Waals surface area (Å²) in [5, 5.41) is 0. The molecule has 0 aliphatic rings. The Bertz CT molecular complexity index is 19.4. The van der Waals surface area contributed by atoms with Gasteiger partial charge in [0.1, 0.15) is 0 Å². The summed E-state index contributed by atoms with van der Waals surface area (Å²) in [5.41, 5.74) is 0.500. The van der Waals surface area contributed by atoms with Crippen molar-refractivity contribution in [2.75, 3.05) is 0 Å². The van der Waals surface area contributed by atoms with Gasteiger partial charge in [-0.1, -0.05) is 27.7 Å². The van der Waals surface area contributed by atoms with E-state index in [0.717, 1.165) is 0 Å². The van der Waals surface area contributed by atoms with E-state index in [-0.39, 0.29) is 24.0 Å². The van der Waals surface area contributed by atoms with Crippen LogP contribution in [0.1, 0.15) is 27.7 Å². The van der Waals surface area contributed by atoms with E-state index in [9.17, 15) is 0 Å². The average molecular weight is 200 g/mol. The summed E-state index contributed by atoms with van der Waals surface area (Å²) in [6.07, 6.45) is 0. The van der Waals surface area contributed by atoms with Crippen LogP contribution in [0.3, 0.4) is 0 Å². The van der Waals surface area contributed by atoms with Crippen LogP contribution >= 0.6 is 24.0 Å². The zero-order valence-corrected chi connectivity index (χ0v) is 7.24. The van der Waals surface area contributed by atoms with E-state index < -0.39 is 0 Å². The van der Waals surface area contributed by atoms with Crippen molar-refractivity contribution in [3.63, 3.8) is 0 Å². The van der Waals surface area contributed by atoms with Crippen LogP contribution in [0.4, 0.5) is 0 Å². The number of rotatable bonds is 0. The molecular weight excluding hydrogens is 187 g/mol. The summed E-state index contributed by atoms with van der Waals surface area (Å²) in [6, 6.07) is 0. The molecule has 0 unspecified atom stereocenters. The minimum atomic E-state index is 0. The number of hydrogen-bond acceptors (Lipinski definition) is 0. The molecule has 0 aliphatic heterocycles. The highest BCUT2D eigenvalue weighted by Gasteiger charge is 1.95. The van der Waals surface area contributed by atoms with Gasteiger partial charge in [0.15, 0.2) is 0 Å². The van der Waals surface area contributed by atoms with Gasteiger partial charge in [0.25, 0.3) is 0 Å². The average Bonchev–Trinajstić information content (AvgIpc) is 0.722. The molecule has 0 atom stereocenters. The minimum Gasteiger partial charge on any atom is -0.107 e. The summed E-state index contributed by atoms with van der Waals surface area (Å²) in [6.45, 7) is 8.75. The van der Waals surface area contributed by atoms with Gasteiger partial charge in [0.2, 0.25) is 0 Å². The number of hydrogen-bond donors (Lipinski definition) is 0. The molecule has 0 amide bonds. The van der Waals surface area contributed by atoms with Gasteiger partial charge >= 0.3 is 0 Å². The standard InChI is InChI=1S/C5H12.HI/c1-5(2,3)4;/h1-4H3;1H. The first-order valence-corrected chi connectivity index (χ1v) is 2.00. The topological polar surface area (TPSA) is 0 Å². The first kappa shape index (κ1) is 9.88. The van der Waals surface area contributed by atoms with Crippen LogP contribution in [-0.4, -0.2) is 0 Å². The Balaban J connectivity index is 0. The normalized spacial score (nSPS) is 10.0. The van der Waals surface area contributed by atoms with Crippen LogP contribution in [0.5, 0.6) is 0 Å². The maximum atomic E-state index is 2.19. The highest BCUT2D eigenvalue weighted by Crippen LogP contribution is 2.07. The second-order valence-electron chi connectivity index (χ2n) is 3.00. The van der Waals surface area contributed by atoms with Crippen molar-refractivity contribution in [3.05, 3.63) is 0 Å². The third-order valence-electron chi connectivity index (χ3n) is 0. The van der Waals surface area contributed by atoms with Gasteiger partial charge in [-0.2, -0.15) is 0 Å². The lowest BCUT2D eigenvalue weighted by atomic mass is 10.0. The smallest absolute Gasteiger partial charge is 0.0411 e. The maximum absolute atomic E-state index is 2.19. The molecule has 0 nitrogen and oxygen atoms in total. The number of halogens is 1. The summed E-state index contributed by atoms with van der Waals surface area (Å²) in [7, 11) is 0. The third kappa shape index (κ3) is 123. The lowest BCUT2D eigenvalue weighted by Crippen LogP contribution is -1.93. The van der Waals surface area contributed by atoms with Crippen molar-refractivity contribution in [1.29, 1.82) is 0 Å². The van der Waals surface area contributed by atoms with Crippen LogP contribution in [-0.2, 0) is 0 Å². The Hall–Kier alpha value is 0.730. The van der Waals surface area contributed by atoms with Crippen molar-refractivity contribution in [1.82, 2.24) is 0 Å². The van der Waals surface area contributed by atoms with Crippen molar-refractivity contribution < 1.29 is 0 Å². The molecule has 0 heterocycles. The van der Waals surface area contributed by atoms with Crippen molar-refractivity contribution in [2.24, 2.45) is 5.41 Å². The van der Waals surface area contributed by atoms with Gasteiger partial charge in [0.05, 0.1) is 0 Å². The molecular formula is C5H13I. The van der Waals surface area contributed by atoms with E-state index in [4.69, 9.17) is 0 Å². The summed E-state index contributed by atoms with van der Waals surface area (Å²) < 4.78 is 0. The van der Waals surface area contributed by atoms with E-state index in [1.165, 1.54) is 0 Å². The second-order valence-corrected chi connectivity index (χ2v) is 3.00. The Morgan fingerprint density at radius 1 is 0.833 bits per heavy atom. The molecule has 0 bridgehead atoms. The maximum Gasteiger partial charge on any atom is -0.0411 e. The zero-order valence-electron chi connectivity index (χ0n) is 4.91. The fourth-order valence-corrected chi connectivity index (χ4v) is 0. The van der Waals surface area contributed by atoms with Gasteiger partial charge < -0.3 is 0 Å². The molecule has 0 saturated carbocycles. The van der Waals surface area contributed by atoms with Crippen LogP contribution in [0.15, 0.2) is 0 Å². The molecule has 0 saturated heterocycles. The molecule has 1 heteroatoms. The van der Waals surface area contributed by atoms with Gasteiger partial charge in [-0.25, -0.2) is 0 Å². The highest BCUT2D eigenvalue weighted by molar-refractivity contribution is 14.0. The first-order valence-electron chi connectivity index (χ1n) is 2.00. The summed E-state index contributed by atoms with van der Waals surface area (Å²) >= 11 is 0. The van der Waals surface area contributed by atoms with Gasteiger partial charge in [-0.05, 0) is 5.41 Å². The van der Waals surface area contributed by atoms with E-state index in [2.05, 4.69) is 27.7 Å². The fourth-order valence-electron chi connectivity index (χ4n) is 0. The fraction of sp³-hybridized carbons (Fsp3) is 1.00. The van der Waals surface area contributed by atoms with Crippen molar-refractivity contribution >= 4 is 24.0 Å². The van der Waals surface area contributed by atoms with Crippen LogP contribution in [0.2, 0.25) is 0 Å². The van der Waals surface area contributed by atoms with E-state index >= 15 is 0 Å². The lowest BCUT2D eigenvalue weighted by molar-refractivity contribution is 0.469. The van der Waals surface area contributed by atoms with Crippen LogP contribution in [0.25, 0.3) is 0 Å². The molecule has 6 heavy (non-hydrogen) atoms. The monoisotopic (exact) mass is 200 g/mol. The van der Waals surface area contributed by atoms with Gasteiger partial charge in [0, 0.05) is 0 Å². The minimum absolute atomic E-state index is 0. The summed E-state index contributed by atoms with van der Waals surface area (Å²) in [5.74, 6) is 0. The van der Waals surface area contributed by atoms with E-state index in [1.807, 2.05) is 0 Å². The van der Waals surface area contributed by atoms with Crippen LogP contribution in [0, 0.1) is 5.41 Å². The SMILES string of the molecule is CC(C)(C)C.I. The molecule has 0 radical (unpaired) electrons. The molecule has 0 aromatic carbocycles. The molecule has 0 aliphatic carbocycles. The Labute approximate surface area is 57.3 Å². The first-order chi connectivity index (χ1) is 2.00. The predicted octanol–water partition coefficient (Wildman–Crippen LogP) is 2.67. The quantitative estimate of drug-likeness (QED) is 0.527. The predicted molar refractivity (Wildman–Crippen MR) is 40.5 cm³/mol. The van der Waals surface area contributed by atoms with Crippen molar-refractivity contribution in [3.8, 4) is 0 Å². The van der Waals surface area contributed by atoms with Crippen molar-refractivity contribution in [2.45, 2.75) is 27.7 Å². The van der Waals surface area contributed by atoms with Gasteiger partial charge in [-0.15, -0.1) is 24.0 Å². The molecule has 0 rings (SSSR count). The Morgan fingerprint density at radius 2 is 0.833 bits per heavy atom. The van der Waals surface area contributed by atoms with Crippen LogP contribution < -0.4 is 0 Å². The summed E-state index contributed by atoms with van der Waals surface area (Å²) in [4.78, 5) is 0. The Morgan fingerprint density at radius 3 is 0.833 bits per heavy atom. The molecule has 0 aromatic heterocycles. The molecule has 0 fully saturated rings. The zero-order chi connectivity index (χ0) is 4.50. The molecule has 0 aromatic rings. The lowest BCUT2D eigenvalue weighted by Gasteiger charge is -2.05. The van der Waals surface area contributed by atoms with E-state index in [0.29, 0.717) is 5.41 Å². The largest absolute Gasteiger partial charge is 0.107 e. The molecule has 40 valence electrons.